The van der Waals surface area contributed by atoms with Gasteiger partial charge >= 0.3 is 0 Å². The Labute approximate surface area is 176 Å². The minimum Gasteiger partial charge on any atom is -0.320 e. The number of likely N-dealkylation sites (N-methyl/N-ethyl adjacent to an activating group) is 1. The highest BCUT2D eigenvalue weighted by atomic mass is 35.5. The maximum Gasteiger partial charge on any atom is 0.266 e. The molecule has 2 aliphatic rings. The minimum absolute atomic E-state index is 0.121. The molecule has 3 rings (SSSR count). The molecule has 1 aliphatic carbocycles. The fourth-order valence-electron chi connectivity index (χ4n) is 3.19. The number of amides is 1. The number of allylic oxidation sites excluding steroid dienone is 6. The van der Waals surface area contributed by atoms with Crippen LogP contribution in [0.2, 0.25) is 5.02 Å². The van der Waals surface area contributed by atoms with Gasteiger partial charge in [-0.25, -0.2) is 0 Å². The predicted octanol–water partition coefficient (Wildman–Crippen LogP) is 3.46. The maximum absolute atomic E-state index is 13.0. The Kier molecular flexibility index (Phi) is 7.13. The lowest BCUT2D eigenvalue weighted by molar-refractivity contribution is -0.120. The van der Waals surface area contributed by atoms with Crippen LogP contribution in [0, 0.1) is 0 Å². The van der Waals surface area contributed by atoms with Crippen molar-refractivity contribution in [2.75, 3.05) is 18.5 Å². The van der Waals surface area contributed by atoms with E-state index in [1.54, 1.807) is 18.0 Å². The van der Waals surface area contributed by atoms with E-state index in [0.29, 0.717) is 18.0 Å². The number of fused-ring (bicyclic) bond motifs is 1. The summed E-state index contributed by atoms with van der Waals surface area (Å²) >= 11 is 10.5. The number of anilines is 1. The molecule has 0 radical (unpaired) electrons. The molecule has 0 saturated heterocycles. The Hall–Kier alpha value is -1.86. The first-order valence-corrected chi connectivity index (χ1v) is 10.2. The molecule has 1 amide bonds. The number of hydrogen-bond acceptors (Lipinski definition) is 5. The third-order valence-electron chi connectivity index (χ3n) is 4.69. The second kappa shape index (κ2) is 9.56. The fraction of sp³-hybridized carbons (Fsp3) is 0.333. The maximum atomic E-state index is 13.0. The van der Waals surface area contributed by atoms with Crippen molar-refractivity contribution in [2.24, 2.45) is 10.7 Å². The first kappa shape index (κ1) is 20.9. The van der Waals surface area contributed by atoms with Crippen molar-refractivity contribution in [2.45, 2.75) is 30.8 Å². The van der Waals surface area contributed by atoms with Crippen LogP contribution >= 0.6 is 24.2 Å². The smallest absolute Gasteiger partial charge is 0.266 e. The highest BCUT2D eigenvalue weighted by Crippen LogP contribution is 2.31. The predicted molar refractivity (Wildman–Crippen MR) is 120 cm³/mol. The average Bonchev–Trinajstić information content (AvgIpc) is 2.72. The van der Waals surface area contributed by atoms with Crippen molar-refractivity contribution in [1.29, 1.82) is 0 Å². The van der Waals surface area contributed by atoms with E-state index >= 15 is 0 Å². The SMILES string of the molecule is CN1C(=O)C(NCCC(N)S)N=C(/C2=C/C=C\C/C=C\C2)c2cc(Cl)ccc21. The molecule has 1 aromatic carbocycles. The van der Waals surface area contributed by atoms with Gasteiger partial charge in [0.2, 0.25) is 0 Å². The van der Waals surface area contributed by atoms with Crippen LogP contribution in [0.4, 0.5) is 5.69 Å². The van der Waals surface area contributed by atoms with Gasteiger partial charge in [0.25, 0.3) is 5.91 Å². The summed E-state index contributed by atoms with van der Waals surface area (Å²) < 4.78 is 0. The summed E-state index contributed by atoms with van der Waals surface area (Å²) in [5.41, 5.74) is 9.18. The minimum atomic E-state index is -0.697. The summed E-state index contributed by atoms with van der Waals surface area (Å²) in [4.78, 5) is 19.5. The van der Waals surface area contributed by atoms with Crippen LogP contribution in [0.3, 0.4) is 0 Å². The van der Waals surface area contributed by atoms with Gasteiger partial charge in [-0.15, -0.1) is 0 Å². The van der Waals surface area contributed by atoms with Crippen molar-refractivity contribution in [3.05, 3.63) is 64.7 Å². The second-order valence-corrected chi connectivity index (χ2v) is 7.88. The van der Waals surface area contributed by atoms with E-state index < -0.39 is 6.17 Å². The molecule has 5 nitrogen and oxygen atoms in total. The standard InChI is InChI=1S/C21H25ClN4OS/c1-26-17-10-9-15(22)13-16(17)19(14-7-5-3-2-4-6-8-14)25-20(21(26)27)24-12-11-18(23)28/h3-7,9-10,13,18,20,24,28H,2,8,11-12,23H2,1H3/b5-3-,6-4-,14-7+. The number of benzodiazepines with no additional fused rings is 1. The van der Waals surface area contributed by atoms with Gasteiger partial charge < -0.3 is 10.6 Å². The molecule has 1 aromatic rings. The molecule has 0 fully saturated rings. The first-order valence-electron chi connectivity index (χ1n) is 9.31. The average molecular weight is 417 g/mol. The van der Waals surface area contributed by atoms with Crippen molar-refractivity contribution in [3.8, 4) is 0 Å². The molecule has 0 bridgehead atoms. The zero-order chi connectivity index (χ0) is 20.1. The Balaban J connectivity index is 2.07. The van der Waals surface area contributed by atoms with E-state index in [1.807, 2.05) is 18.2 Å². The number of nitrogens with zero attached hydrogens (tertiary/aromatic N) is 2. The number of rotatable bonds is 5. The summed E-state index contributed by atoms with van der Waals surface area (Å²) in [7, 11) is 1.76. The number of halogens is 1. The van der Waals surface area contributed by atoms with Gasteiger partial charge in [-0.3, -0.25) is 15.1 Å². The van der Waals surface area contributed by atoms with Crippen LogP contribution in [0.25, 0.3) is 0 Å². The molecule has 1 heterocycles. The van der Waals surface area contributed by atoms with Crippen LogP contribution in [0.1, 0.15) is 24.8 Å². The number of benzene rings is 1. The third kappa shape index (κ3) is 4.94. The summed E-state index contributed by atoms with van der Waals surface area (Å²) in [5, 5.41) is 3.58. The van der Waals surface area contributed by atoms with Gasteiger partial charge in [0.1, 0.15) is 0 Å². The number of carbonyl (C=O) groups excluding carboxylic acids is 1. The molecule has 148 valence electrons. The molecule has 0 spiro atoms. The normalized spacial score (nSPS) is 24.8. The summed E-state index contributed by atoms with van der Waals surface area (Å²) in [5.74, 6) is -0.121. The molecule has 1 aliphatic heterocycles. The fourth-order valence-corrected chi connectivity index (χ4v) is 3.50. The van der Waals surface area contributed by atoms with Crippen molar-refractivity contribution in [3.63, 3.8) is 0 Å². The third-order valence-corrected chi connectivity index (χ3v) is 5.18. The lowest BCUT2D eigenvalue weighted by Gasteiger charge is -2.21. The molecule has 0 aromatic heterocycles. The topological polar surface area (TPSA) is 70.7 Å². The van der Waals surface area contributed by atoms with Crippen LogP contribution in [-0.4, -0.2) is 36.8 Å². The van der Waals surface area contributed by atoms with E-state index in [1.165, 1.54) is 0 Å². The van der Waals surface area contributed by atoms with Gasteiger partial charge in [-0.05, 0) is 49.6 Å². The number of nitrogens with one attached hydrogen (secondary N) is 1. The lowest BCUT2D eigenvalue weighted by Crippen LogP contribution is -2.44. The Morgan fingerprint density at radius 3 is 3.00 bits per heavy atom. The largest absolute Gasteiger partial charge is 0.320 e. The van der Waals surface area contributed by atoms with Gasteiger partial charge in [-0.2, -0.15) is 12.6 Å². The highest BCUT2D eigenvalue weighted by Gasteiger charge is 2.30. The second-order valence-electron chi connectivity index (χ2n) is 6.78. The molecule has 3 N–H and O–H groups in total. The van der Waals surface area contributed by atoms with Crippen LogP contribution in [0.5, 0.6) is 0 Å². The van der Waals surface area contributed by atoms with Crippen LogP contribution < -0.4 is 16.0 Å². The van der Waals surface area contributed by atoms with Gasteiger partial charge in [0.05, 0.1) is 11.4 Å². The lowest BCUT2D eigenvalue weighted by atomic mass is 9.96. The van der Waals surface area contributed by atoms with Gasteiger partial charge in [0, 0.05) is 23.0 Å². The van der Waals surface area contributed by atoms with Gasteiger partial charge in [0.15, 0.2) is 6.17 Å². The number of nitrogens with two attached hydrogens (primary N) is 1. The summed E-state index contributed by atoms with van der Waals surface area (Å²) in [6.07, 6.45) is 12.0. The number of thiol groups is 1. The molecular weight excluding hydrogens is 392 g/mol. The van der Waals surface area contributed by atoms with E-state index in [-0.39, 0.29) is 11.3 Å². The molecular formula is C21H25ClN4OS. The first-order chi connectivity index (χ1) is 13.5. The van der Waals surface area contributed by atoms with E-state index in [4.69, 9.17) is 22.3 Å². The Morgan fingerprint density at radius 1 is 1.39 bits per heavy atom. The van der Waals surface area contributed by atoms with Crippen LogP contribution in [0.15, 0.2) is 59.1 Å². The van der Waals surface area contributed by atoms with Crippen molar-refractivity contribution in [1.82, 2.24) is 5.32 Å². The quantitative estimate of drug-likeness (QED) is 0.391. The molecule has 2 unspecified atom stereocenters. The molecule has 28 heavy (non-hydrogen) atoms. The van der Waals surface area contributed by atoms with E-state index in [2.05, 4.69) is 42.2 Å². The molecule has 2 atom stereocenters. The highest BCUT2D eigenvalue weighted by molar-refractivity contribution is 7.80. The number of carbonyl (C=O) groups is 1. The van der Waals surface area contributed by atoms with Crippen molar-refractivity contribution < 1.29 is 4.79 Å². The zero-order valence-corrected chi connectivity index (χ0v) is 17.5. The monoisotopic (exact) mass is 416 g/mol. The Bertz CT molecular complexity index is 860. The molecule has 7 heteroatoms. The van der Waals surface area contributed by atoms with Crippen LogP contribution in [-0.2, 0) is 4.79 Å². The van der Waals surface area contributed by atoms with E-state index in [0.717, 1.165) is 35.4 Å². The van der Waals surface area contributed by atoms with Crippen molar-refractivity contribution >= 4 is 41.5 Å². The zero-order valence-electron chi connectivity index (χ0n) is 15.8. The Morgan fingerprint density at radius 2 is 2.21 bits per heavy atom. The van der Waals surface area contributed by atoms with Gasteiger partial charge in [-0.1, -0.05) is 42.0 Å². The summed E-state index contributed by atoms with van der Waals surface area (Å²) in [6, 6.07) is 5.53. The number of aliphatic imine (C=N–C) groups is 1. The van der Waals surface area contributed by atoms with E-state index in [9.17, 15) is 4.79 Å². The molecule has 0 saturated carbocycles. The number of hydrogen-bond donors (Lipinski definition) is 3. The summed E-state index contributed by atoms with van der Waals surface area (Å²) in [6.45, 7) is 0.543.